The first-order chi connectivity index (χ1) is 7.66. The summed E-state index contributed by atoms with van der Waals surface area (Å²) in [6, 6.07) is 0.765. The van der Waals surface area contributed by atoms with Gasteiger partial charge in [0, 0.05) is 25.0 Å². The number of amidine groups is 1. The molecule has 3 N–H and O–H groups in total. The summed E-state index contributed by atoms with van der Waals surface area (Å²) in [7, 11) is 0. The molecule has 0 aromatic carbocycles. The molecule has 0 radical (unpaired) electrons. The molecule has 2 aliphatic heterocycles. The van der Waals surface area contributed by atoms with Gasteiger partial charge < -0.3 is 10.6 Å². The number of hydrogen-bond donors (Lipinski definition) is 2. The fourth-order valence-corrected chi connectivity index (χ4v) is 2.87. The fraction of sp³-hybridized carbons (Fsp3) is 0.917. The molecule has 0 saturated carbocycles. The molecule has 4 heteroatoms. The van der Waals surface area contributed by atoms with Gasteiger partial charge in [-0.2, -0.15) is 0 Å². The highest BCUT2D eigenvalue weighted by molar-refractivity contribution is 5.79. The Morgan fingerprint density at radius 2 is 2.06 bits per heavy atom. The molecule has 4 nitrogen and oxygen atoms in total. The summed E-state index contributed by atoms with van der Waals surface area (Å²) in [6.07, 6.45) is 4.05. The summed E-state index contributed by atoms with van der Waals surface area (Å²) in [5, 5.41) is 7.42. The van der Waals surface area contributed by atoms with Gasteiger partial charge in [-0.15, -0.1) is 0 Å². The predicted molar refractivity (Wildman–Crippen MR) is 66.7 cm³/mol. The van der Waals surface area contributed by atoms with Crippen LogP contribution in [0.4, 0.5) is 0 Å². The van der Waals surface area contributed by atoms with E-state index in [1.54, 1.807) is 0 Å². The highest BCUT2D eigenvalue weighted by Crippen LogP contribution is 2.20. The van der Waals surface area contributed by atoms with Crippen LogP contribution in [-0.4, -0.2) is 54.4 Å². The number of hydrogen-bond acceptors (Lipinski definition) is 3. The van der Waals surface area contributed by atoms with Crippen molar-refractivity contribution in [2.75, 3.05) is 32.7 Å². The third-order valence-electron chi connectivity index (χ3n) is 3.97. The number of nitrogens with two attached hydrogens (primary N) is 1. The molecule has 2 rings (SSSR count). The zero-order chi connectivity index (χ0) is 11.5. The van der Waals surface area contributed by atoms with Crippen LogP contribution in [0.1, 0.15) is 26.2 Å². The molecule has 2 fully saturated rings. The van der Waals surface area contributed by atoms with E-state index >= 15 is 0 Å². The topological polar surface area (TPSA) is 56.4 Å². The monoisotopic (exact) mass is 224 g/mol. The molecule has 0 amide bonds. The van der Waals surface area contributed by atoms with Crippen molar-refractivity contribution in [2.45, 2.75) is 32.2 Å². The van der Waals surface area contributed by atoms with E-state index < -0.39 is 0 Å². The fourth-order valence-electron chi connectivity index (χ4n) is 2.87. The summed E-state index contributed by atoms with van der Waals surface area (Å²) in [4.78, 5) is 5.10. The lowest BCUT2D eigenvalue weighted by Gasteiger charge is -2.24. The first-order valence-corrected chi connectivity index (χ1v) is 6.47. The average molecular weight is 224 g/mol. The van der Waals surface area contributed by atoms with Gasteiger partial charge >= 0.3 is 0 Å². The van der Waals surface area contributed by atoms with Crippen LogP contribution in [0.5, 0.6) is 0 Å². The van der Waals surface area contributed by atoms with E-state index in [-0.39, 0.29) is 5.92 Å². The van der Waals surface area contributed by atoms with E-state index in [1.165, 1.54) is 45.4 Å². The van der Waals surface area contributed by atoms with Crippen LogP contribution in [-0.2, 0) is 0 Å². The minimum absolute atomic E-state index is 0.206. The Morgan fingerprint density at radius 3 is 2.69 bits per heavy atom. The minimum atomic E-state index is 0.206. The first kappa shape index (κ1) is 11.9. The molecule has 16 heavy (non-hydrogen) atoms. The molecule has 92 valence electrons. The van der Waals surface area contributed by atoms with Gasteiger partial charge in [-0.1, -0.05) is 6.92 Å². The van der Waals surface area contributed by atoms with E-state index in [4.69, 9.17) is 11.1 Å². The Hall–Kier alpha value is -0.610. The van der Waals surface area contributed by atoms with Gasteiger partial charge in [0.2, 0.25) is 0 Å². The standard InChI is InChI=1S/C12H24N4/c1-10(12(13)14)8-15-7-4-11(9-15)16-5-2-3-6-16/h10-11H,2-9H2,1H3,(H3,13,14). The summed E-state index contributed by atoms with van der Waals surface area (Å²) in [5.41, 5.74) is 5.52. The third-order valence-corrected chi connectivity index (χ3v) is 3.97. The zero-order valence-corrected chi connectivity index (χ0v) is 10.3. The predicted octanol–water partition coefficient (Wildman–Crippen LogP) is 0.729. The Kier molecular flexibility index (Phi) is 3.82. The van der Waals surface area contributed by atoms with Crippen LogP contribution >= 0.6 is 0 Å². The second kappa shape index (κ2) is 5.15. The first-order valence-electron chi connectivity index (χ1n) is 6.47. The SMILES string of the molecule is CC(CN1CCC(N2CCCC2)C1)C(=N)N. The molecule has 0 aromatic heterocycles. The van der Waals surface area contributed by atoms with Crippen molar-refractivity contribution in [3.05, 3.63) is 0 Å². The lowest BCUT2D eigenvalue weighted by atomic mass is 10.1. The van der Waals surface area contributed by atoms with Crippen molar-refractivity contribution in [1.29, 1.82) is 5.41 Å². The molecule has 0 bridgehead atoms. The number of nitrogens with zero attached hydrogens (tertiary/aromatic N) is 2. The van der Waals surface area contributed by atoms with Gasteiger partial charge in [0.1, 0.15) is 0 Å². The van der Waals surface area contributed by atoms with E-state index in [2.05, 4.69) is 9.80 Å². The second-order valence-corrected chi connectivity index (χ2v) is 5.30. The van der Waals surface area contributed by atoms with Gasteiger partial charge in [0.15, 0.2) is 0 Å². The molecule has 2 heterocycles. The van der Waals surface area contributed by atoms with Gasteiger partial charge in [-0.25, -0.2) is 0 Å². The molecule has 0 aromatic rings. The highest BCUT2D eigenvalue weighted by atomic mass is 15.3. The van der Waals surface area contributed by atoms with Crippen molar-refractivity contribution in [1.82, 2.24) is 9.80 Å². The molecular formula is C12H24N4. The van der Waals surface area contributed by atoms with Gasteiger partial charge in [-0.3, -0.25) is 10.3 Å². The van der Waals surface area contributed by atoms with Crippen LogP contribution in [0.3, 0.4) is 0 Å². The van der Waals surface area contributed by atoms with Gasteiger partial charge in [-0.05, 0) is 38.9 Å². The average Bonchev–Trinajstić information content (AvgIpc) is 2.85. The number of nitrogens with one attached hydrogen (secondary N) is 1. The Bertz CT molecular complexity index is 247. The van der Waals surface area contributed by atoms with Gasteiger partial charge in [0.25, 0.3) is 0 Å². The lowest BCUT2D eigenvalue weighted by molar-refractivity contribution is 0.228. The third kappa shape index (κ3) is 2.74. The van der Waals surface area contributed by atoms with Crippen LogP contribution in [0.2, 0.25) is 0 Å². The van der Waals surface area contributed by atoms with E-state index in [1.807, 2.05) is 6.92 Å². The highest BCUT2D eigenvalue weighted by Gasteiger charge is 2.29. The van der Waals surface area contributed by atoms with E-state index in [9.17, 15) is 0 Å². The molecule has 2 unspecified atom stereocenters. The Labute approximate surface area is 98.3 Å². The molecule has 2 saturated heterocycles. The molecule has 0 spiro atoms. The maximum absolute atomic E-state index is 7.42. The van der Waals surface area contributed by atoms with Crippen LogP contribution < -0.4 is 5.73 Å². The quantitative estimate of drug-likeness (QED) is 0.547. The maximum Gasteiger partial charge on any atom is 0.0947 e. The number of likely N-dealkylation sites (tertiary alicyclic amines) is 2. The summed E-state index contributed by atoms with van der Waals surface area (Å²) >= 11 is 0. The molecule has 2 aliphatic rings. The summed E-state index contributed by atoms with van der Waals surface area (Å²) < 4.78 is 0. The maximum atomic E-state index is 7.42. The minimum Gasteiger partial charge on any atom is -0.387 e. The Morgan fingerprint density at radius 1 is 1.38 bits per heavy atom. The molecule has 2 atom stereocenters. The normalized spacial score (nSPS) is 29.7. The summed E-state index contributed by atoms with van der Waals surface area (Å²) in [5.74, 6) is 0.530. The summed E-state index contributed by atoms with van der Waals surface area (Å²) in [6.45, 7) is 7.95. The molecular weight excluding hydrogens is 200 g/mol. The van der Waals surface area contributed by atoms with Crippen molar-refractivity contribution in [3.8, 4) is 0 Å². The van der Waals surface area contributed by atoms with E-state index in [0.29, 0.717) is 5.84 Å². The largest absolute Gasteiger partial charge is 0.387 e. The Balaban J connectivity index is 1.76. The zero-order valence-electron chi connectivity index (χ0n) is 10.3. The van der Waals surface area contributed by atoms with Crippen molar-refractivity contribution < 1.29 is 0 Å². The van der Waals surface area contributed by atoms with Crippen molar-refractivity contribution in [2.24, 2.45) is 11.7 Å². The second-order valence-electron chi connectivity index (χ2n) is 5.30. The van der Waals surface area contributed by atoms with Crippen molar-refractivity contribution in [3.63, 3.8) is 0 Å². The van der Waals surface area contributed by atoms with Gasteiger partial charge in [0.05, 0.1) is 5.84 Å². The van der Waals surface area contributed by atoms with Crippen LogP contribution in [0.15, 0.2) is 0 Å². The van der Waals surface area contributed by atoms with Crippen LogP contribution in [0.25, 0.3) is 0 Å². The van der Waals surface area contributed by atoms with Crippen molar-refractivity contribution >= 4 is 5.84 Å². The van der Waals surface area contributed by atoms with Crippen LogP contribution in [0, 0.1) is 11.3 Å². The van der Waals surface area contributed by atoms with E-state index in [0.717, 1.165) is 12.6 Å². The smallest absolute Gasteiger partial charge is 0.0947 e. The lowest BCUT2D eigenvalue weighted by Crippen LogP contribution is -2.38. The number of rotatable bonds is 4. The molecule has 0 aliphatic carbocycles.